The second kappa shape index (κ2) is 9.10. The summed E-state index contributed by atoms with van der Waals surface area (Å²) in [6.45, 7) is 6.74. The molecule has 0 atom stereocenters. The Balaban J connectivity index is 1.77. The summed E-state index contributed by atoms with van der Waals surface area (Å²) in [4.78, 5) is 16.2. The molecule has 27 heavy (non-hydrogen) atoms. The maximum absolute atomic E-state index is 12.3. The summed E-state index contributed by atoms with van der Waals surface area (Å²) in [6.07, 6.45) is 2.43. The van der Waals surface area contributed by atoms with Crippen molar-refractivity contribution < 1.29 is 13.2 Å². The first-order valence-electron chi connectivity index (χ1n) is 8.95. The highest BCUT2D eigenvalue weighted by Gasteiger charge is 2.17. The number of nitrogens with one attached hydrogen (secondary N) is 2. The largest absolute Gasteiger partial charge is 0.356 e. The Bertz CT molecular complexity index is 842. The Kier molecular flexibility index (Phi) is 7.10. The quantitative estimate of drug-likeness (QED) is 0.726. The number of amides is 1. The van der Waals surface area contributed by atoms with E-state index >= 15 is 0 Å². The first kappa shape index (κ1) is 21.1. The van der Waals surface area contributed by atoms with Gasteiger partial charge in [0.25, 0.3) is 0 Å². The van der Waals surface area contributed by atoms with Crippen LogP contribution >= 0.6 is 0 Å². The smallest absolute Gasteiger partial charge is 0.240 e. The molecule has 0 unspecified atom stereocenters. The first-order valence-corrected chi connectivity index (χ1v) is 10.4. The zero-order valence-electron chi connectivity index (χ0n) is 16.0. The molecular weight excluding hydrogens is 362 g/mol. The molecule has 0 saturated carbocycles. The van der Waals surface area contributed by atoms with Crippen LogP contribution in [0.1, 0.15) is 38.4 Å². The number of rotatable bonds is 8. The van der Waals surface area contributed by atoms with Crippen LogP contribution in [0.2, 0.25) is 0 Å². The van der Waals surface area contributed by atoms with Gasteiger partial charge < -0.3 is 5.32 Å². The monoisotopic (exact) mass is 389 g/mol. The average Bonchev–Trinajstić information content (AvgIpc) is 2.62. The van der Waals surface area contributed by atoms with Crippen LogP contribution in [-0.2, 0) is 26.7 Å². The van der Waals surface area contributed by atoms with Gasteiger partial charge in [0.15, 0.2) is 0 Å². The predicted octanol–water partition coefficient (Wildman–Crippen LogP) is 2.41. The zero-order valence-corrected chi connectivity index (χ0v) is 16.8. The van der Waals surface area contributed by atoms with Crippen molar-refractivity contribution in [2.45, 2.75) is 43.9 Å². The van der Waals surface area contributed by atoms with Gasteiger partial charge in [0.05, 0.1) is 4.90 Å². The van der Waals surface area contributed by atoms with E-state index < -0.39 is 10.0 Å². The Hall–Kier alpha value is -2.25. The van der Waals surface area contributed by atoms with Gasteiger partial charge in [-0.2, -0.15) is 0 Å². The molecule has 2 aromatic rings. The van der Waals surface area contributed by atoms with Crippen molar-refractivity contribution in [2.75, 3.05) is 13.1 Å². The number of sulfonamides is 1. The van der Waals surface area contributed by atoms with Crippen LogP contribution in [-0.4, -0.2) is 32.4 Å². The van der Waals surface area contributed by atoms with Crippen LogP contribution < -0.4 is 10.0 Å². The minimum Gasteiger partial charge on any atom is -0.356 e. The number of hydrogen-bond acceptors (Lipinski definition) is 4. The van der Waals surface area contributed by atoms with Crippen LogP contribution in [0.25, 0.3) is 0 Å². The fraction of sp³-hybridized carbons (Fsp3) is 0.400. The number of carbonyl (C=O) groups excluding carboxylic acids is 1. The van der Waals surface area contributed by atoms with Gasteiger partial charge in [0.1, 0.15) is 0 Å². The Morgan fingerprint density at radius 2 is 1.74 bits per heavy atom. The van der Waals surface area contributed by atoms with Crippen molar-refractivity contribution in [3.8, 4) is 0 Å². The van der Waals surface area contributed by atoms with Gasteiger partial charge in [-0.1, -0.05) is 39.0 Å². The number of carbonyl (C=O) groups is 1. The van der Waals surface area contributed by atoms with Crippen LogP contribution in [0.5, 0.6) is 0 Å². The molecule has 0 aliphatic carbocycles. The van der Waals surface area contributed by atoms with E-state index in [1.165, 1.54) is 0 Å². The topological polar surface area (TPSA) is 88.2 Å². The summed E-state index contributed by atoms with van der Waals surface area (Å²) >= 11 is 0. The van der Waals surface area contributed by atoms with Crippen molar-refractivity contribution >= 4 is 15.9 Å². The molecule has 0 radical (unpaired) electrons. The molecule has 2 N–H and O–H groups in total. The summed E-state index contributed by atoms with van der Waals surface area (Å²) in [5, 5.41) is 2.77. The molecule has 1 heterocycles. The van der Waals surface area contributed by atoms with Crippen molar-refractivity contribution in [2.24, 2.45) is 0 Å². The molecule has 0 aliphatic heterocycles. The van der Waals surface area contributed by atoms with Gasteiger partial charge in [-0.25, -0.2) is 13.1 Å². The van der Waals surface area contributed by atoms with E-state index in [9.17, 15) is 13.2 Å². The van der Waals surface area contributed by atoms with Crippen molar-refractivity contribution in [1.29, 1.82) is 0 Å². The third kappa shape index (κ3) is 6.77. The molecule has 0 fully saturated rings. The fourth-order valence-corrected chi connectivity index (χ4v) is 3.51. The van der Waals surface area contributed by atoms with Crippen molar-refractivity contribution in [1.82, 2.24) is 15.0 Å². The molecule has 0 bridgehead atoms. The van der Waals surface area contributed by atoms with Crippen LogP contribution in [0.15, 0.2) is 53.6 Å². The second-order valence-electron chi connectivity index (χ2n) is 7.34. The molecule has 1 aromatic carbocycles. The number of hydrogen-bond donors (Lipinski definition) is 2. The summed E-state index contributed by atoms with van der Waals surface area (Å²) < 4.78 is 27.1. The third-order valence-electron chi connectivity index (χ3n) is 4.10. The maximum atomic E-state index is 12.3. The molecule has 146 valence electrons. The zero-order chi connectivity index (χ0) is 19.9. The lowest BCUT2D eigenvalue weighted by Crippen LogP contribution is -2.31. The molecule has 2 rings (SSSR count). The summed E-state index contributed by atoms with van der Waals surface area (Å²) in [5.74, 6) is -0.197. The lowest BCUT2D eigenvalue weighted by molar-refractivity contribution is -0.120. The molecule has 0 saturated heterocycles. The highest BCUT2D eigenvalue weighted by atomic mass is 32.2. The number of pyridine rings is 1. The van der Waals surface area contributed by atoms with E-state index in [0.29, 0.717) is 13.0 Å². The molecule has 7 heteroatoms. The van der Waals surface area contributed by atoms with Crippen LogP contribution in [0, 0.1) is 0 Å². The summed E-state index contributed by atoms with van der Waals surface area (Å²) in [6, 6.07) is 12.5. The maximum Gasteiger partial charge on any atom is 0.240 e. The minimum atomic E-state index is -3.62. The van der Waals surface area contributed by atoms with Gasteiger partial charge in [-0.05, 0) is 35.2 Å². The SMILES string of the molecule is CC(C)(C)c1ccc(S(=O)(=O)NCCC(=O)NCCc2ccccn2)cc1. The Morgan fingerprint density at radius 1 is 1.04 bits per heavy atom. The number of nitrogens with zero attached hydrogens (tertiary/aromatic N) is 1. The van der Waals surface area contributed by atoms with Gasteiger partial charge >= 0.3 is 0 Å². The minimum absolute atomic E-state index is 0.0386. The van der Waals surface area contributed by atoms with E-state index in [4.69, 9.17) is 0 Å². The highest BCUT2D eigenvalue weighted by molar-refractivity contribution is 7.89. The van der Waals surface area contributed by atoms with E-state index in [0.717, 1.165) is 11.3 Å². The average molecular weight is 390 g/mol. The molecule has 0 spiro atoms. The second-order valence-corrected chi connectivity index (χ2v) is 9.11. The molecule has 6 nitrogen and oxygen atoms in total. The fourth-order valence-electron chi connectivity index (χ4n) is 2.48. The van der Waals surface area contributed by atoms with Gasteiger partial charge in [0, 0.05) is 37.8 Å². The summed E-state index contributed by atoms with van der Waals surface area (Å²) in [7, 11) is -3.62. The third-order valence-corrected chi connectivity index (χ3v) is 5.58. The number of aromatic nitrogens is 1. The molecule has 1 aromatic heterocycles. The lowest BCUT2D eigenvalue weighted by atomic mass is 9.87. The van der Waals surface area contributed by atoms with Crippen LogP contribution in [0.4, 0.5) is 0 Å². The van der Waals surface area contributed by atoms with Gasteiger partial charge in [-0.15, -0.1) is 0 Å². The van der Waals surface area contributed by atoms with Crippen molar-refractivity contribution in [3.05, 3.63) is 59.9 Å². The molecule has 1 amide bonds. The Morgan fingerprint density at radius 3 is 2.33 bits per heavy atom. The van der Waals surface area contributed by atoms with Crippen molar-refractivity contribution in [3.63, 3.8) is 0 Å². The molecular formula is C20H27N3O3S. The standard InChI is InChI=1S/C20H27N3O3S/c1-20(2,3)16-7-9-18(10-8-16)27(25,26)23-15-12-19(24)22-14-11-17-6-4-5-13-21-17/h4-10,13,23H,11-12,14-15H2,1-3H3,(H,22,24). The van der Waals surface area contributed by atoms with E-state index in [1.54, 1.807) is 18.3 Å². The molecule has 0 aliphatic rings. The highest BCUT2D eigenvalue weighted by Crippen LogP contribution is 2.23. The normalized spacial score (nSPS) is 12.0. The van der Waals surface area contributed by atoms with E-state index in [2.05, 4.69) is 35.8 Å². The first-order chi connectivity index (χ1) is 12.7. The van der Waals surface area contributed by atoms with E-state index in [-0.39, 0.29) is 29.2 Å². The van der Waals surface area contributed by atoms with Gasteiger partial charge in [-0.3, -0.25) is 9.78 Å². The van der Waals surface area contributed by atoms with Gasteiger partial charge in [0.2, 0.25) is 15.9 Å². The Labute approximate surface area is 161 Å². The van der Waals surface area contributed by atoms with E-state index in [1.807, 2.05) is 30.3 Å². The number of benzene rings is 1. The van der Waals surface area contributed by atoms with Crippen LogP contribution in [0.3, 0.4) is 0 Å². The lowest BCUT2D eigenvalue weighted by Gasteiger charge is -2.19. The summed E-state index contributed by atoms with van der Waals surface area (Å²) in [5.41, 5.74) is 1.93. The predicted molar refractivity (Wildman–Crippen MR) is 106 cm³/mol.